The van der Waals surface area contributed by atoms with Crippen molar-refractivity contribution in [3.8, 4) is 0 Å². The molecule has 1 aromatic carbocycles. The number of likely N-dealkylation sites (tertiary alicyclic amines) is 2. The minimum atomic E-state index is -0.0270. The van der Waals surface area contributed by atoms with E-state index in [-0.39, 0.29) is 11.9 Å². The Labute approximate surface area is 187 Å². The van der Waals surface area contributed by atoms with Crippen LogP contribution in [0.15, 0.2) is 24.3 Å². The van der Waals surface area contributed by atoms with Crippen LogP contribution < -0.4 is 10.6 Å². The second-order valence-corrected chi connectivity index (χ2v) is 9.54. The highest BCUT2D eigenvalue weighted by Gasteiger charge is 2.41. The van der Waals surface area contributed by atoms with E-state index in [0.29, 0.717) is 31.3 Å². The van der Waals surface area contributed by atoms with E-state index in [4.69, 9.17) is 4.74 Å². The molecule has 0 spiro atoms. The van der Waals surface area contributed by atoms with Gasteiger partial charge < -0.3 is 20.3 Å². The first-order valence-electron chi connectivity index (χ1n) is 12.3. The number of methoxy groups -OCH3 is 1. The lowest BCUT2D eigenvalue weighted by Gasteiger charge is -2.39. The van der Waals surface area contributed by atoms with Gasteiger partial charge in [-0.3, -0.25) is 9.69 Å². The topological polar surface area (TPSA) is 56.8 Å². The normalized spacial score (nSPS) is 25.7. The van der Waals surface area contributed by atoms with Crippen molar-refractivity contribution in [3.63, 3.8) is 0 Å². The number of nitrogens with one attached hydrogen (secondary N) is 2. The predicted molar refractivity (Wildman–Crippen MR) is 124 cm³/mol. The number of ether oxygens (including phenoxy) is 1. The Balaban J connectivity index is 1.37. The zero-order valence-electron chi connectivity index (χ0n) is 19.3. The fraction of sp³-hybridized carbons (Fsp3) is 0.720. The molecule has 172 valence electrons. The molecular formula is C25H40N4O2. The van der Waals surface area contributed by atoms with E-state index < -0.39 is 0 Å². The molecular weight excluding hydrogens is 388 g/mol. The van der Waals surface area contributed by atoms with Crippen LogP contribution in [-0.4, -0.2) is 86.3 Å². The summed E-state index contributed by atoms with van der Waals surface area (Å²) in [5.41, 5.74) is 2.96. The molecule has 2 fully saturated rings. The molecule has 0 saturated carbocycles. The van der Waals surface area contributed by atoms with Gasteiger partial charge >= 0.3 is 0 Å². The van der Waals surface area contributed by atoms with Gasteiger partial charge in [0, 0.05) is 38.3 Å². The summed E-state index contributed by atoms with van der Waals surface area (Å²) in [4.78, 5) is 18.1. The number of benzene rings is 1. The number of carbonyl (C=O) groups is 1. The van der Waals surface area contributed by atoms with Gasteiger partial charge in [-0.2, -0.15) is 0 Å². The van der Waals surface area contributed by atoms with Gasteiger partial charge in [0.25, 0.3) is 0 Å². The Bertz CT molecular complexity index is 694. The van der Waals surface area contributed by atoms with E-state index in [0.717, 1.165) is 38.9 Å². The molecule has 0 bridgehead atoms. The smallest absolute Gasteiger partial charge is 0.237 e. The van der Waals surface area contributed by atoms with Crippen LogP contribution in [0, 0.1) is 0 Å². The maximum atomic E-state index is 13.1. The van der Waals surface area contributed by atoms with Crippen LogP contribution in [-0.2, 0) is 22.4 Å². The lowest BCUT2D eigenvalue weighted by molar-refractivity contribution is -0.126. The molecule has 2 saturated heterocycles. The van der Waals surface area contributed by atoms with Crippen LogP contribution in [0.4, 0.5) is 0 Å². The van der Waals surface area contributed by atoms with Crippen molar-refractivity contribution in [2.24, 2.45) is 0 Å². The van der Waals surface area contributed by atoms with Gasteiger partial charge in [0.2, 0.25) is 5.91 Å². The lowest BCUT2D eigenvalue weighted by Crippen LogP contribution is -2.52. The van der Waals surface area contributed by atoms with E-state index in [1.165, 1.54) is 36.9 Å². The van der Waals surface area contributed by atoms with Crippen molar-refractivity contribution in [1.82, 2.24) is 20.4 Å². The SMILES string of the molecule is CCCN1CCC(N2C[C@H](NC3Cc4ccccc4C3)C[C@H]2C(=O)NCCOC)CC1. The highest BCUT2D eigenvalue weighted by atomic mass is 16.5. The zero-order chi connectivity index (χ0) is 21.6. The molecule has 1 amide bonds. The molecule has 1 aliphatic carbocycles. The van der Waals surface area contributed by atoms with E-state index in [2.05, 4.69) is 51.6 Å². The molecule has 6 heteroatoms. The molecule has 31 heavy (non-hydrogen) atoms. The quantitative estimate of drug-likeness (QED) is 0.588. The lowest BCUT2D eigenvalue weighted by atomic mass is 10.0. The Morgan fingerprint density at radius 3 is 2.48 bits per heavy atom. The summed E-state index contributed by atoms with van der Waals surface area (Å²) in [6.07, 6.45) is 6.67. The van der Waals surface area contributed by atoms with Gasteiger partial charge in [0.05, 0.1) is 12.6 Å². The van der Waals surface area contributed by atoms with E-state index >= 15 is 0 Å². The Hall–Kier alpha value is -1.47. The van der Waals surface area contributed by atoms with Crippen LogP contribution in [0.25, 0.3) is 0 Å². The molecule has 2 aliphatic heterocycles. The second-order valence-electron chi connectivity index (χ2n) is 9.54. The Morgan fingerprint density at radius 2 is 1.84 bits per heavy atom. The number of carbonyl (C=O) groups excluding carboxylic acids is 1. The van der Waals surface area contributed by atoms with Crippen molar-refractivity contribution in [2.75, 3.05) is 46.4 Å². The van der Waals surface area contributed by atoms with Crippen molar-refractivity contribution < 1.29 is 9.53 Å². The summed E-state index contributed by atoms with van der Waals surface area (Å²) < 4.78 is 5.13. The van der Waals surface area contributed by atoms with Gasteiger partial charge in [-0.1, -0.05) is 31.2 Å². The minimum Gasteiger partial charge on any atom is -0.383 e. The van der Waals surface area contributed by atoms with Gasteiger partial charge in [0.15, 0.2) is 0 Å². The summed E-state index contributed by atoms with van der Waals surface area (Å²) in [6.45, 7) is 7.89. The van der Waals surface area contributed by atoms with Crippen LogP contribution in [0.3, 0.4) is 0 Å². The third-order valence-electron chi connectivity index (χ3n) is 7.34. The fourth-order valence-electron chi connectivity index (χ4n) is 5.84. The standard InChI is InChI=1S/C25H40N4O2/c1-3-11-28-12-8-23(9-13-28)29-18-22(17-24(29)25(30)26-10-14-31-2)27-21-15-19-6-4-5-7-20(19)16-21/h4-7,21-24,27H,3,8-18H2,1-2H3,(H,26,30)/t22-,24+/m1/s1. The van der Waals surface area contributed by atoms with Crippen molar-refractivity contribution in [3.05, 3.63) is 35.4 Å². The van der Waals surface area contributed by atoms with Crippen LogP contribution in [0.1, 0.15) is 43.7 Å². The maximum absolute atomic E-state index is 13.1. The number of piperidine rings is 1. The van der Waals surface area contributed by atoms with Crippen molar-refractivity contribution in [2.45, 2.75) is 69.6 Å². The molecule has 3 aliphatic rings. The largest absolute Gasteiger partial charge is 0.383 e. The molecule has 0 aromatic heterocycles. The second kappa shape index (κ2) is 10.9. The molecule has 6 nitrogen and oxygen atoms in total. The third-order valence-corrected chi connectivity index (χ3v) is 7.34. The monoisotopic (exact) mass is 428 g/mol. The first-order chi connectivity index (χ1) is 15.2. The number of fused-ring (bicyclic) bond motifs is 1. The number of hydrogen-bond donors (Lipinski definition) is 2. The van der Waals surface area contributed by atoms with E-state index in [1.54, 1.807) is 7.11 Å². The number of hydrogen-bond acceptors (Lipinski definition) is 5. The molecule has 0 radical (unpaired) electrons. The Morgan fingerprint density at radius 1 is 1.13 bits per heavy atom. The van der Waals surface area contributed by atoms with Gasteiger partial charge in [-0.15, -0.1) is 0 Å². The molecule has 2 atom stereocenters. The summed E-state index contributed by atoms with van der Waals surface area (Å²) in [6, 6.07) is 10.2. The molecule has 1 aromatic rings. The zero-order valence-corrected chi connectivity index (χ0v) is 19.3. The molecule has 2 heterocycles. The average molecular weight is 429 g/mol. The van der Waals surface area contributed by atoms with Gasteiger partial charge in [-0.25, -0.2) is 0 Å². The molecule has 0 unspecified atom stereocenters. The molecule has 2 N–H and O–H groups in total. The van der Waals surface area contributed by atoms with Crippen molar-refractivity contribution >= 4 is 5.91 Å². The molecule has 4 rings (SSSR count). The number of rotatable bonds is 9. The fourth-order valence-corrected chi connectivity index (χ4v) is 5.84. The van der Waals surface area contributed by atoms with E-state index in [1.807, 2.05) is 0 Å². The minimum absolute atomic E-state index is 0.0270. The highest BCUT2D eigenvalue weighted by Crippen LogP contribution is 2.29. The van der Waals surface area contributed by atoms with Crippen LogP contribution >= 0.6 is 0 Å². The third kappa shape index (κ3) is 5.67. The van der Waals surface area contributed by atoms with Crippen LogP contribution in [0.2, 0.25) is 0 Å². The summed E-state index contributed by atoms with van der Waals surface area (Å²) in [5.74, 6) is 0.173. The number of amides is 1. The van der Waals surface area contributed by atoms with Crippen LogP contribution in [0.5, 0.6) is 0 Å². The highest BCUT2D eigenvalue weighted by molar-refractivity contribution is 5.82. The predicted octanol–water partition coefficient (Wildman–Crippen LogP) is 1.82. The Kier molecular flexibility index (Phi) is 7.99. The summed E-state index contributed by atoms with van der Waals surface area (Å²) in [5, 5.41) is 7.03. The summed E-state index contributed by atoms with van der Waals surface area (Å²) >= 11 is 0. The first-order valence-corrected chi connectivity index (χ1v) is 12.3. The van der Waals surface area contributed by atoms with Gasteiger partial charge in [0.1, 0.15) is 0 Å². The summed E-state index contributed by atoms with van der Waals surface area (Å²) in [7, 11) is 1.68. The van der Waals surface area contributed by atoms with Crippen molar-refractivity contribution in [1.29, 1.82) is 0 Å². The first kappa shape index (κ1) is 22.7. The maximum Gasteiger partial charge on any atom is 0.237 e. The van der Waals surface area contributed by atoms with E-state index in [9.17, 15) is 4.79 Å². The average Bonchev–Trinajstić information content (AvgIpc) is 3.38. The van der Waals surface area contributed by atoms with Gasteiger partial charge in [-0.05, 0) is 69.3 Å². The number of nitrogens with zero attached hydrogens (tertiary/aromatic N) is 2.